The lowest BCUT2D eigenvalue weighted by Crippen LogP contribution is -2.01. The van der Waals surface area contributed by atoms with Gasteiger partial charge in [0.25, 0.3) is 0 Å². The fourth-order valence-corrected chi connectivity index (χ4v) is 1.76. The molecular weight excluding hydrogens is 351 g/mol. The van der Waals surface area contributed by atoms with Crippen LogP contribution in [0.15, 0.2) is 22.7 Å². The standard InChI is InChI=1S/C11H8BrFN4O4/c1-20-9-4-10(16-11(14)15-9)21-8-3-6(13)5(12)2-7(8)17(18)19/h2-4H,1H3,(H2,14,15,16). The van der Waals surface area contributed by atoms with Crippen LogP contribution in [0.3, 0.4) is 0 Å². The molecule has 0 saturated carbocycles. The number of anilines is 1. The predicted molar refractivity (Wildman–Crippen MR) is 73.8 cm³/mol. The van der Waals surface area contributed by atoms with Gasteiger partial charge in [-0.3, -0.25) is 10.1 Å². The summed E-state index contributed by atoms with van der Waals surface area (Å²) in [6, 6.07) is 3.12. The average Bonchev–Trinajstić information content (AvgIpc) is 2.41. The van der Waals surface area contributed by atoms with Crippen molar-refractivity contribution in [2.24, 2.45) is 0 Å². The second kappa shape index (κ2) is 5.87. The van der Waals surface area contributed by atoms with Crippen molar-refractivity contribution in [3.63, 3.8) is 0 Å². The lowest BCUT2D eigenvalue weighted by molar-refractivity contribution is -0.385. The molecule has 0 atom stereocenters. The number of nitro benzene ring substituents is 1. The van der Waals surface area contributed by atoms with Crippen molar-refractivity contribution in [3.05, 3.63) is 38.6 Å². The Kier molecular flexibility index (Phi) is 4.17. The van der Waals surface area contributed by atoms with Crippen molar-refractivity contribution in [2.75, 3.05) is 12.8 Å². The summed E-state index contributed by atoms with van der Waals surface area (Å²) in [5.41, 5.74) is 5.01. The maximum absolute atomic E-state index is 13.5. The molecular formula is C11H8BrFN4O4. The molecule has 0 bridgehead atoms. The first kappa shape index (κ1) is 14.9. The molecule has 1 aromatic heterocycles. The number of nitrogen functional groups attached to an aromatic ring is 1. The highest BCUT2D eigenvalue weighted by Crippen LogP contribution is 2.35. The Morgan fingerprint density at radius 1 is 1.33 bits per heavy atom. The molecule has 0 saturated heterocycles. The van der Waals surface area contributed by atoms with Crippen LogP contribution >= 0.6 is 15.9 Å². The largest absolute Gasteiger partial charge is 0.481 e. The summed E-state index contributed by atoms with van der Waals surface area (Å²) in [7, 11) is 1.35. The van der Waals surface area contributed by atoms with Gasteiger partial charge in [0, 0.05) is 12.1 Å². The molecule has 2 N–H and O–H groups in total. The molecule has 0 amide bonds. The van der Waals surface area contributed by atoms with E-state index >= 15 is 0 Å². The molecule has 0 radical (unpaired) electrons. The van der Waals surface area contributed by atoms with Crippen molar-refractivity contribution in [2.45, 2.75) is 0 Å². The summed E-state index contributed by atoms with van der Waals surface area (Å²) < 4.78 is 23.5. The van der Waals surface area contributed by atoms with E-state index in [4.69, 9.17) is 15.2 Å². The Morgan fingerprint density at radius 2 is 2.00 bits per heavy atom. The zero-order chi connectivity index (χ0) is 15.6. The van der Waals surface area contributed by atoms with Gasteiger partial charge in [0.1, 0.15) is 5.82 Å². The van der Waals surface area contributed by atoms with Gasteiger partial charge < -0.3 is 15.2 Å². The van der Waals surface area contributed by atoms with E-state index in [0.29, 0.717) is 0 Å². The van der Waals surface area contributed by atoms with Crippen LogP contribution < -0.4 is 15.2 Å². The Morgan fingerprint density at radius 3 is 2.62 bits per heavy atom. The molecule has 10 heteroatoms. The molecule has 0 unspecified atom stereocenters. The molecule has 1 aromatic carbocycles. The number of hydrogen-bond donors (Lipinski definition) is 1. The minimum atomic E-state index is -0.718. The summed E-state index contributed by atoms with van der Waals surface area (Å²) in [6.45, 7) is 0. The third kappa shape index (κ3) is 3.34. The fourth-order valence-electron chi connectivity index (χ4n) is 1.43. The number of hydrogen-bond acceptors (Lipinski definition) is 7. The number of nitro groups is 1. The van der Waals surface area contributed by atoms with Gasteiger partial charge >= 0.3 is 5.69 Å². The van der Waals surface area contributed by atoms with E-state index < -0.39 is 16.4 Å². The second-order valence-corrected chi connectivity index (χ2v) is 4.55. The number of nitrogens with two attached hydrogens (primary N) is 1. The fraction of sp³-hybridized carbons (Fsp3) is 0.0909. The molecule has 0 aliphatic rings. The van der Waals surface area contributed by atoms with Crippen LogP contribution in [-0.2, 0) is 0 Å². The van der Waals surface area contributed by atoms with E-state index in [-0.39, 0.29) is 27.9 Å². The number of nitrogens with zero attached hydrogens (tertiary/aromatic N) is 3. The van der Waals surface area contributed by atoms with Crippen molar-refractivity contribution in [1.82, 2.24) is 9.97 Å². The quantitative estimate of drug-likeness (QED) is 0.659. The predicted octanol–water partition coefficient (Wildman–Crippen LogP) is 2.67. The summed E-state index contributed by atoms with van der Waals surface area (Å²) in [5, 5.41) is 11.0. The van der Waals surface area contributed by atoms with Crippen LogP contribution in [0.1, 0.15) is 0 Å². The van der Waals surface area contributed by atoms with E-state index in [1.807, 2.05) is 0 Å². The molecule has 2 rings (SSSR count). The number of halogens is 2. The first-order chi connectivity index (χ1) is 9.90. The Labute approximate surface area is 126 Å². The highest BCUT2D eigenvalue weighted by Gasteiger charge is 2.20. The molecule has 0 aliphatic carbocycles. The summed E-state index contributed by atoms with van der Waals surface area (Å²) in [5.74, 6) is -1.18. The van der Waals surface area contributed by atoms with Gasteiger partial charge in [0.15, 0.2) is 0 Å². The van der Waals surface area contributed by atoms with Crippen molar-refractivity contribution < 1.29 is 18.8 Å². The number of methoxy groups -OCH3 is 1. The molecule has 2 aromatic rings. The Bertz CT molecular complexity index is 713. The second-order valence-electron chi connectivity index (χ2n) is 3.70. The van der Waals surface area contributed by atoms with Crippen molar-refractivity contribution >= 4 is 27.6 Å². The number of benzene rings is 1. The maximum atomic E-state index is 13.5. The van der Waals surface area contributed by atoms with E-state index in [2.05, 4.69) is 25.9 Å². The zero-order valence-corrected chi connectivity index (χ0v) is 12.1. The van der Waals surface area contributed by atoms with Crippen molar-refractivity contribution in [3.8, 4) is 17.5 Å². The normalized spacial score (nSPS) is 10.2. The minimum absolute atomic E-state index is 0.0543. The van der Waals surface area contributed by atoms with Gasteiger partial charge in [0.2, 0.25) is 23.5 Å². The first-order valence-corrected chi connectivity index (χ1v) is 6.20. The van der Waals surface area contributed by atoms with Gasteiger partial charge in [-0.2, -0.15) is 9.97 Å². The third-order valence-corrected chi connectivity index (χ3v) is 2.93. The van der Waals surface area contributed by atoms with E-state index in [0.717, 1.165) is 12.1 Å². The monoisotopic (exact) mass is 358 g/mol. The summed E-state index contributed by atoms with van der Waals surface area (Å²) in [4.78, 5) is 17.7. The van der Waals surface area contributed by atoms with E-state index in [9.17, 15) is 14.5 Å². The average molecular weight is 359 g/mol. The summed E-state index contributed by atoms with van der Waals surface area (Å²) >= 11 is 2.87. The number of aromatic nitrogens is 2. The Balaban J connectivity index is 2.46. The third-order valence-electron chi connectivity index (χ3n) is 2.32. The van der Waals surface area contributed by atoms with Crippen LogP contribution in [0, 0.1) is 15.9 Å². The molecule has 0 fully saturated rings. The van der Waals surface area contributed by atoms with Gasteiger partial charge in [0.05, 0.1) is 22.6 Å². The SMILES string of the molecule is COc1cc(Oc2cc(F)c(Br)cc2[N+](=O)[O-])nc(N)n1. The highest BCUT2D eigenvalue weighted by molar-refractivity contribution is 9.10. The van der Waals surface area contributed by atoms with E-state index in [1.54, 1.807) is 0 Å². The minimum Gasteiger partial charge on any atom is -0.481 e. The topological polar surface area (TPSA) is 113 Å². The molecule has 8 nitrogen and oxygen atoms in total. The molecule has 110 valence electrons. The lowest BCUT2D eigenvalue weighted by atomic mass is 10.3. The van der Waals surface area contributed by atoms with Gasteiger partial charge in [-0.15, -0.1) is 0 Å². The van der Waals surface area contributed by atoms with Gasteiger partial charge in [-0.25, -0.2) is 4.39 Å². The van der Waals surface area contributed by atoms with Crippen LogP contribution in [0.4, 0.5) is 16.0 Å². The number of ether oxygens (including phenoxy) is 2. The Hall–Kier alpha value is -2.49. The highest BCUT2D eigenvalue weighted by atomic mass is 79.9. The van der Waals surface area contributed by atoms with Gasteiger partial charge in [-0.05, 0) is 15.9 Å². The molecule has 21 heavy (non-hydrogen) atoms. The van der Waals surface area contributed by atoms with Gasteiger partial charge in [-0.1, -0.05) is 0 Å². The molecule has 0 spiro atoms. The number of rotatable bonds is 4. The first-order valence-electron chi connectivity index (χ1n) is 5.40. The van der Waals surface area contributed by atoms with Crippen LogP contribution in [0.25, 0.3) is 0 Å². The molecule has 1 heterocycles. The van der Waals surface area contributed by atoms with Crippen LogP contribution in [-0.4, -0.2) is 22.0 Å². The summed E-state index contributed by atoms with van der Waals surface area (Å²) in [6.07, 6.45) is 0. The molecule has 0 aliphatic heterocycles. The zero-order valence-electron chi connectivity index (χ0n) is 10.5. The smallest absolute Gasteiger partial charge is 0.312 e. The van der Waals surface area contributed by atoms with Crippen LogP contribution in [0.2, 0.25) is 0 Å². The van der Waals surface area contributed by atoms with Crippen LogP contribution in [0.5, 0.6) is 17.5 Å². The van der Waals surface area contributed by atoms with Crippen molar-refractivity contribution in [1.29, 1.82) is 0 Å². The maximum Gasteiger partial charge on any atom is 0.312 e. The lowest BCUT2D eigenvalue weighted by Gasteiger charge is -2.08. The van der Waals surface area contributed by atoms with E-state index in [1.165, 1.54) is 13.2 Å².